The molecule has 0 bridgehead atoms. The second-order valence-corrected chi connectivity index (χ2v) is 8.52. The van der Waals surface area contributed by atoms with Crippen molar-refractivity contribution in [2.45, 2.75) is 32.9 Å². The normalized spacial score (nSPS) is 11.5. The molecule has 0 aliphatic heterocycles. The van der Waals surface area contributed by atoms with Gasteiger partial charge in [0.1, 0.15) is 12.1 Å². The van der Waals surface area contributed by atoms with Gasteiger partial charge in [0.05, 0.1) is 5.69 Å². The molecule has 0 saturated heterocycles. The van der Waals surface area contributed by atoms with Crippen LogP contribution in [0.15, 0.2) is 82.4 Å². The maximum absolute atomic E-state index is 13.6. The molecule has 168 valence electrons. The SMILES string of the molecule is CC(C)(C)OC(=O)Cn1c(=O)n(-c2ccccc2)c(=O)n1C(=O)c1cccc2ccccc12. The van der Waals surface area contributed by atoms with Gasteiger partial charge in [-0.05, 0) is 49.7 Å². The number of fused-ring (bicyclic) bond motifs is 1. The molecule has 0 aliphatic carbocycles. The van der Waals surface area contributed by atoms with E-state index in [1.165, 1.54) is 0 Å². The van der Waals surface area contributed by atoms with E-state index in [9.17, 15) is 19.2 Å². The second-order valence-electron chi connectivity index (χ2n) is 8.52. The molecule has 0 spiro atoms. The molecule has 1 heterocycles. The molecule has 0 unspecified atom stereocenters. The highest BCUT2D eigenvalue weighted by Crippen LogP contribution is 2.19. The number of rotatable bonds is 4. The lowest BCUT2D eigenvalue weighted by Crippen LogP contribution is -2.37. The van der Waals surface area contributed by atoms with Gasteiger partial charge in [0.2, 0.25) is 0 Å². The number of benzene rings is 3. The van der Waals surface area contributed by atoms with E-state index in [0.29, 0.717) is 10.1 Å². The van der Waals surface area contributed by atoms with Gasteiger partial charge in [-0.15, -0.1) is 0 Å². The molecule has 1 aromatic heterocycles. The van der Waals surface area contributed by atoms with Gasteiger partial charge in [-0.25, -0.2) is 18.8 Å². The van der Waals surface area contributed by atoms with Crippen LogP contribution in [-0.2, 0) is 16.1 Å². The maximum atomic E-state index is 13.6. The van der Waals surface area contributed by atoms with Gasteiger partial charge in [0.15, 0.2) is 0 Å². The van der Waals surface area contributed by atoms with Crippen LogP contribution in [0.1, 0.15) is 31.1 Å². The third-order valence-electron chi connectivity index (χ3n) is 4.95. The number of para-hydroxylation sites is 1. The van der Waals surface area contributed by atoms with Crippen LogP contribution in [0.2, 0.25) is 0 Å². The van der Waals surface area contributed by atoms with Crippen LogP contribution < -0.4 is 11.4 Å². The van der Waals surface area contributed by atoms with Crippen LogP contribution in [0.25, 0.3) is 16.5 Å². The van der Waals surface area contributed by atoms with Crippen molar-refractivity contribution in [3.63, 3.8) is 0 Å². The van der Waals surface area contributed by atoms with E-state index in [2.05, 4.69) is 0 Å². The third kappa shape index (κ3) is 4.27. The van der Waals surface area contributed by atoms with Gasteiger partial charge in [-0.2, -0.15) is 4.68 Å². The molecule has 0 radical (unpaired) electrons. The van der Waals surface area contributed by atoms with Gasteiger partial charge >= 0.3 is 17.3 Å². The first-order chi connectivity index (χ1) is 15.7. The van der Waals surface area contributed by atoms with Crippen LogP contribution in [0, 0.1) is 0 Å². The molecule has 0 fully saturated rings. The lowest BCUT2D eigenvalue weighted by Gasteiger charge is -2.19. The van der Waals surface area contributed by atoms with Crippen molar-refractivity contribution in [2.24, 2.45) is 0 Å². The fourth-order valence-corrected chi connectivity index (χ4v) is 3.64. The molecular formula is C25H23N3O5. The maximum Gasteiger partial charge on any atom is 0.359 e. The topological polar surface area (TPSA) is 92.3 Å². The first-order valence-electron chi connectivity index (χ1n) is 10.4. The standard InChI is InChI=1S/C25H23N3O5/c1-25(2,3)33-21(29)16-26-23(31)27(18-12-5-4-6-13-18)24(32)28(26)22(30)20-15-9-11-17-10-7-8-14-19(17)20/h4-15H,16H2,1-3H3. The summed E-state index contributed by atoms with van der Waals surface area (Å²) >= 11 is 0. The van der Waals surface area contributed by atoms with E-state index >= 15 is 0 Å². The number of nitrogens with zero attached hydrogens (tertiary/aromatic N) is 3. The molecule has 8 nitrogen and oxygen atoms in total. The average molecular weight is 445 g/mol. The van der Waals surface area contributed by atoms with E-state index in [1.54, 1.807) is 75.4 Å². The minimum absolute atomic E-state index is 0.235. The Hall–Kier alpha value is -4.20. The van der Waals surface area contributed by atoms with Crippen LogP contribution in [0.3, 0.4) is 0 Å². The zero-order valence-corrected chi connectivity index (χ0v) is 18.5. The lowest BCUT2D eigenvalue weighted by molar-refractivity contribution is -0.155. The summed E-state index contributed by atoms with van der Waals surface area (Å²) in [5, 5.41) is 1.43. The van der Waals surface area contributed by atoms with Crippen molar-refractivity contribution in [3.05, 3.63) is 99.3 Å². The zero-order chi connectivity index (χ0) is 23.8. The monoisotopic (exact) mass is 445 g/mol. The van der Waals surface area contributed by atoms with Crippen molar-refractivity contribution in [3.8, 4) is 5.69 Å². The Bertz CT molecular complexity index is 1460. The molecule has 3 aromatic carbocycles. The van der Waals surface area contributed by atoms with Gasteiger partial charge < -0.3 is 4.74 Å². The zero-order valence-electron chi connectivity index (χ0n) is 18.5. The Morgan fingerprint density at radius 3 is 2.15 bits per heavy atom. The van der Waals surface area contributed by atoms with Gasteiger partial charge in [-0.1, -0.05) is 54.6 Å². The summed E-state index contributed by atoms with van der Waals surface area (Å²) in [5.41, 5.74) is -1.96. The quantitative estimate of drug-likeness (QED) is 0.451. The predicted molar refractivity (Wildman–Crippen MR) is 124 cm³/mol. The number of carbonyl (C=O) groups is 2. The number of hydrogen-bond donors (Lipinski definition) is 0. The molecule has 4 aromatic rings. The highest BCUT2D eigenvalue weighted by atomic mass is 16.6. The number of esters is 1. The molecule has 0 N–H and O–H groups in total. The second kappa shape index (κ2) is 8.38. The Labute approximate surface area is 189 Å². The van der Waals surface area contributed by atoms with Crippen molar-refractivity contribution in [2.75, 3.05) is 0 Å². The minimum atomic E-state index is -0.868. The van der Waals surface area contributed by atoms with Crippen LogP contribution in [0.4, 0.5) is 0 Å². The van der Waals surface area contributed by atoms with Gasteiger partial charge in [0.25, 0.3) is 5.91 Å². The fourth-order valence-electron chi connectivity index (χ4n) is 3.64. The van der Waals surface area contributed by atoms with Gasteiger partial charge in [-0.3, -0.25) is 9.59 Å². The van der Waals surface area contributed by atoms with Crippen LogP contribution in [-0.4, -0.2) is 31.4 Å². The Kier molecular flexibility index (Phi) is 5.59. The summed E-state index contributed by atoms with van der Waals surface area (Å²) < 4.78 is 7.73. The number of carbonyl (C=O) groups excluding carboxylic acids is 2. The summed E-state index contributed by atoms with van der Waals surface area (Å²) in [6.45, 7) is 4.48. The number of aromatic nitrogens is 3. The van der Waals surface area contributed by atoms with E-state index < -0.39 is 35.4 Å². The predicted octanol–water partition coefficient (Wildman–Crippen LogP) is 2.98. The lowest BCUT2D eigenvalue weighted by atomic mass is 10.0. The highest BCUT2D eigenvalue weighted by molar-refractivity contribution is 6.07. The van der Waals surface area contributed by atoms with Crippen molar-refractivity contribution in [1.82, 2.24) is 13.9 Å². The molecule has 33 heavy (non-hydrogen) atoms. The van der Waals surface area contributed by atoms with Crippen molar-refractivity contribution >= 4 is 22.6 Å². The largest absolute Gasteiger partial charge is 0.459 e. The Morgan fingerprint density at radius 2 is 1.45 bits per heavy atom. The first-order valence-corrected chi connectivity index (χ1v) is 10.4. The summed E-state index contributed by atoms with van der Waals surface area (Å²) in [4.78, 5) is 52.8. The van der Waals surface area contributed by atoms with E-state index in [-0.39, 0.29) is 11.3 Å². The van der Waals surface area contributed by atoms with Crippen molar-refractivity contribution < 1.29 is 14.3 Å². The minimum Gasteiger partial charge on any atom is -0.459 e. The van der Waals surface area contributed by atoms with E-state index in [1.807, 2.05) is 18.2 Å². The highest BCUT2D eigenvalue weighted by Gasteiger charge is 2.27. The smallest absolute Gasteiger partial charge is 0.359 e. The summed E-state index contributed by atoms with van der Waals surface area (Å²) in [5.74, 6) is -1.46. The number of hydrogen-bond acceptors (Lipinski definition) is 5. The third-order valence-corrected chi connectivity index (χ3v) is 4.95. The summed E-state index contributed by atoms with van der Waals surface area (Å²) in [7, 11) is 0. The first kappa shape index (κ1) is 22.0. The van der Waals surface area contributed by atoms with Gasteiger partial charge in [0, 0.05) is 5.56 Å². The Balaban J connectivity index is 1.92. The molecule has 8 heteroatoms. The average Bonchev–Trinajstić information content (AvgIpc) is 3.01. The van der Waals surface area contributed by atoms with Crippen LogP contribution >= 0.6 is 0 Å². The van der Waals surface area contributed by atoms with E-state index in [4.69, 9.17) is 4.74 Å². The van der Waals surface area contributed by atoms with Crippen molar-refractivity contribution in [1.29, 1.82) is 0 Å². The molecule has 0 amide bonds. The summed E-state index contributed by atoms with van der Waals surface area (Å²) in [6.07, 6.45) is 0. The van der Waals surface area contributed by atoms with Crippen LogP contribution in [0.5, 0.6) is 0 Å². The molecular weight excluding hydrogens is 422 g/mol. The molecule has 0 atom stereocenters. The Morgan fingerprint density at radius 1 is 0.818 bits per heavy atom. The molecule has 0 saturated carbocycles. The fraction of sp³-hybridized carbons (Fsp3) is 0.200. The molecule has 0 aliphatic rings. The molecule has 4 rings (SSSR count). The number of ether oxygens (including phenoxy) is 1. The van der Waals surface area contributed by atoms with E-state index in [0.717, 1.165) is 14.6 Å². The summed E-state index contributed by atoms with van der Waals surface area (Å²) in [6, 6.07) is 20.6.